The molecule has 1 aliphatic rings. The van der Waals surface area contributed by atoms with Gasteiger partial charge in [0.1, 0.15) is 0 Å². The van der Waals surface area contributed by atoms with Gasteiger partial charge in [0.25, 0.3) is 10.1 Å². The van der Waals surface area contributed by atoms with Crippen LogP contribution in [-0.2, 0) is 14.9 Å². The van der Waals surface area contributed by atoms with Gasteiger partial charge in [-0.3, -0.25) is 4.55 Å². The van der Waals surface area contributed by atoms with Crippen molar-refractivity contribution in [1.82, 2.24) is 0 Å². The number of aliphatic hydroxyl groups is 1. The van der Waals surface area contributed by atoms with Crippen LogP contribution in [0.5, 0.6) is 0 Å². The van der Waals surface area contributed by atoms with Crippen LogP contribution in [0.1, 0.15) is 19.8 Å². The fraction of sp³-hybridized carbons (Fsp3) is 1.00. The molecule has 1 aliphatic heterocycles. The molecule has 6 heteroatoms. The highest BCUT2D eigenvalue weighted by Crippen LogP contribution is 2.28. The highest BCUT2D eigenvalue weighted by atomic mass is 32.2. The Bertz CT molecular complexity index is 259. The lowest BCUT2D eigenvalue weighted by atomic mass is 10.1. The zero-order valence-electron chi connectivity index (χ0n) is 6.73. The van der Waals surface area contributed by atoms with Crippen LogP contribution in [0.2, 0.25) is 0 Å². The molecule has 2 N–H and O–H groups in total. The standard InChI is InChI=1S/C6H12O5S/c1-5-4-6(7,2-3-11-5)12(8,9)10/h5,7H,2-4H2,1H3,(H,8,9,10). The quantitative estimate of drug-likeness (QED) is 0.565. The lowest BCUT2D eigenvalue weighted by Crippen LogP contribution is -2.45. The van der Waals surface area contributed by atoms with Gasteiger partial charge in [-0.05, 0) is 6.92 Å². The largest absolute Gasteiger partial charge is 0.378 e. The summed E-state index contributed by atoms with van der Waals surface area (Å²) in [5, 5.41) is 9.46. The molecule has 12 heavy (non-hydrogen) atoms. The third-order valence-electron chi connectivity index (χ3n) is 1.98. The highest BCUT2D eigenvalue weighted by Gasteiger charge is 2.44. The summed E-state index contributed by atoms with van der Waals surface area (Å²) in [6.45, 7) is 1.80. The van der Waals surface area contributed by atoms with E-state index < -0.39 is 15.1 Å². The third kappa shape index (κ3) is 1.77. The van der Waals surface area contributed by atoms with Crippen molar-refractivity contribution < 1.29 is 22.8 Å². The Kier molecular flexibility index (Phi) is 2.44. The first kappa shape index (κ1) is 9.91. The van der Waals surface area contributed by atoms with Crippen LogP contribution in [0.4, 0.5) is 0 Å². The molecule has 1 heterocycles. The average Bonchev–Trinajstić information content (AvgIpc) is 1.83. The molecule has 0 aliphatic carbocycles. The zero-order valence-corrected chi connectivity index (χ0v) is 7.54. The van der Waals surface area contributed by atoms with E-state index in [0.717, 1.165) is 0 Å². The third-order valence-corrected chi connectivity index (χ3v) is 3.31. The Morgan fingerprint density at radius 2 is 2.17 bits per heavy atom. The van der Waals surface area contributed by atoms with E-state index in [1.807, 2.05) is 0 Å². The number of rotatable bonds is 1. The smallest absolute Gasteiger partial charge is 0.295 e. The molecule has 1 rings (SSSR count). The first-order valence-electron chi connectivity index (χ1n) is 3.66. The van der Waals surface area contributed by atoms with Gasteiger partial charge < -0.3 is 9.84 Å². The molecular formula is C6H12O5S. The topological polar surface area (TPSA) is 83.8 Å². The van der Waals surface area contributed by atoms with Crippen molar-refractivity contribution in [2.75, 3.05) is 6.61 Å². The predicted octanol–water partition coefficient (Wildman–Crippen LogP) is -0.238. The molecule has 0 aromatic heterocycles. The lowest BCUT2D eigenvalue weighted by molar-refractivity contribution is -0.0578. The summed E-state index contributed by atoms with van der Waals surface area (Å²) in [6, 6.07) is 0. The van der Waals surface area contributed by atoms with Gasteiger partial charge in [0.2, 0.25) is 0 Å². The molecule has 2 atom stereocenters. The molecule has 0 amide bonds. The summed E-state index contributed by atoms with van der Waals surface area (Å²) in [4.78, 5) is -2.01. The zero-order chi connectivity index (χ0) is 9.41. The van der Waals surface area contributed by atoms with Crippen LogP contribution < -0.4 is 0 Å². The molecule has 5 nitrogen and oxygen atoms in total. The molecule has 0 radical (unpaired) electrons. The van der Waals surface area contributed by atoms with Crippen molar-refractivity contribution in [3.8, 4) is 0 Å². The van der Waals surface area contributed by atoms with Gasteiger partial charge in [0.05, 0.1) is 12.7 Å². The van der Waals surface area contributed by atoms with E-state index in [4.69, 9.17) is 9.29 Å². The van der Waals surface area contributed by atoms with E-state index in [9.17, 15) is 13.5 Å². The van der Waals surface area contributed by atoms with Crippen LogP contribution in [-0.4, -0.2) is 35.7 Å². The number of ether oxygens (including phenoxy) is 1. The minimum Gasteiger partial charge on any atom is -0.378 e. The second-order valence-corrected chi connectivity index (χ2v) is 4.77. The predicted molar refractivity (Wildman–Crippen MR) is 41.1 cm³/mol. The molecule has 2 unspecified atom stereocenters. The minimum absolute atomic E-state index is 0.0732. The van der Waals surface area contributed by atoms with Crippen molar-refractivity contribution in [3.05, 3.63) is 0 Å². The van der Waals surface area contributed by atoms with Crippen LogP contribution in [0, 0.1) is 0 Å². The molecule has 0 aromatic carbocycles. The Morgan fingerprint density at radius 3 is 2.50 bits per heavy atom. The Labute approximate surface area is 71.1 Å². The maximum atomic E-state index is 10.7. The highest BCUT2D eigenvalue weighted by molar-refractivity contribution is 7.87. The Hall–Kier alpha value is -0.170. The van der Waals surface area contributed by atoms with Gasteiger partial charge in [0, 0.05) is 12.8 Å². The van der Waals surface area contributed by atoms with E-state index in [-0.39, 0.29) is 25.6 Å². The summed E-state index contributed by atoms with van der Waals surface area (Å²) in [6.07, 6.45) is -0.493. The summed E-state index contributed by atoms with van der Waals surface area (Å²) >= 11 is 0. The van der Waals surface area contributed by atoms with Crippen LogP contribution in [0.3, 0.4) is 0 Å². The first-order valence-corrected chi connectivity index (χ1v) is 5.10. The maximum Gasteiger partial charge on any atom is 0.295 e. The van der Waals surface area contributed by atoms with Crippen molar-refractivity contribution in [1.29, 1.82) is 0 Å². The second-order valence-electron chi connectivity index (χ2n) is 3.06. The van der Waals surface area contributed by atoms with Gasteiger partial charge in [-0.1, -0.05) is 0 Å². The molecular weight excluding hydrogens is 184 g/mol. The molecule has 0 spiro atoms. The van der Waals surface area contributed by atoms with Crippen molar-refractivity contribution >= 4 is 10.1 Å². The van der Waals surface area contributed by atoms with Gasteiger partial charge in [-0.15, -0.1) is 0 Å². The van der Waals surface area contributed by atoms with Crippen molar-refractivity contribution in [2.45, 2.75) is 30.8 Å². The first-order chi connectivity index (χ1) is 5.35. The van der Waals surface area contributed by atoms with Crippen LogP contribution in [0.25, 0.3) is 0 Å². The molecule has 0 aromatic rings. The van der Waals surface area contributed by atoms with Gasteiger partial charge in [-0.2, -0.15) is 8.42 Å². The normalized spacial score (nSPS) is 38.1. The van der Waals surface area contributed by atoms with Crippen LogP contribution >= 0.6 is 0 Å². The molecule has 1 saturated heterocycles. The molecule has 1 fully saturated rings. The van der Waals surface area contributed by atoms with E-state index in [1.54, 1.807) is 6.92 Å². The monoisotopic (exact) mass is 196 g/mol. The van der Waals surface area contributed by atoms with Crippen molar-refractivity contribution in [3.63, 3.8) is 0 Å². The summed E-state index contributed by atoms with van der Waals surface area (Å²) in [5.41, 5.74) is 0. The Balaban J connectivity index is 2.84. The minimum atomic E-state index is -4.38. The SMILES string of the molecule is CC1CC(O)(S(=O)(=O)O)CCO1. The lowest BCUT2D eigenvalue weighted by Gasteiger charge is -2.32. The summed E-state index contributed by atoms with van der Waals surface area (Å²) in [7, 11) is -4.38. The maximum absolute atomic E-state index is 10.7. The van der Waals surface area contributed by atoms with E-state index in [2.05, 4.69) is 0 Å². The van der Waals surface area contributed by atoms with E-state index >= 15 is 0 Å². The number of hydrogen-bond donors (Lipinski definition) is 2. The number of hydrogen-bond acceptors (Lipinski definition) is 4. The fourth-order valence-electron chi connectivity index (χ4n) is 1.26. The summed E-state index contributed by atoms with van der Waals surface area (Å²) < 4.78 is 35.1. The van der Waals surface area contributed by atoms with Crippen molar-refractivity contribution in [2.24, 2.45) is 0 Å². The van der Waals surface area contributed by atoms with E-state index in [0.29, 0.717) is 0 Å². The second kappa shape index (κ2) is 2.95. The average molecular weight is 196 g/mol. The Morgan fingerprint density at radius 1 is 1.58 bits per heavy atom. The molecule has 0 bridgehead atoms. The molecule has 0 saturated carbocycles. The van der Waals surface area contributed by atoms with Gasteiger partial charge in [-0.25, -0.2) is 0 Å². The summed E-state index contributed by atoms with van der Waals surface area (Å²) in [5.74, 6) is 0. The molecule has 72 valence electrons. The van der Waals surface area contributed by atoms with Crippen LogP contribution in [0.15, 0.2) is 0 Å². The van der Waals surface area contributed by atoms with E-state index in [1.165, 1.54) is 0 Å². The van der Waals surface area contributed by atoms with Gasteiger partial charge in [0.15, 0.2) is 4.93 Å². The fourth-order valence-corrected chi connectivity index (χ4v) is 2.05. The van der Waals surface area contributed by atoms with Gasteiger partial charge >= 0.3 is 0 Å².